The van der Waals surface area contributed by atoms with Crippen molar-refractivity contribution in [2.24, 2.45) is 0 Å². The van der Waals surface area contributed by atoms with Crippen LogP contribution in [0.4, 0.5) is 0 Å². The van der Waals surface area contributed by atoms with Crippen LogP contribution in [0.2, 0.25) is 0 Å². The minimum absolute atomic E-state index is 0.164. The molecule has 2 heteroatoms. The Bertz CT molecular complexity index is 101. The largest absolute Gasteiger partial charge is 0.393 e. The maximum Gasteiger partial charge on any atom is 0.115 e. The lowest BCUT2D eigenvalue weighted by Crippen LogP contribution is -2.14. The molecule has 0 unspecified atom stereocenters. The standard InChI is InChI=1S/C7H14O2/c1-3-4-6-7(2,5-8)9-6/h6,8H,3-5H2,1-2H3/t6-,7-/m0/s1. The van der Waals surface area contributed by atoms with Crippen LogP contribution in [0.25, 0.3) is 0 Å². The first-order chi connectivity index (χ1) is 4.23. The van der Waals surface area contributed by atoms with Gasteiger partial charge in [0.05, 0.1) is 12.7 Å². The topological polar surface area (TPSA) is 32.8 Å². The molecule has 1 saturated heterocycles. The Labute approximate surface area is 55.8 Å². The molecule has 0 radical (unpaired) electrons. The summed E-state index contributed by atoms with van der Waals surface area (Å²) in [5.74, 6) is 0. The lowest BCUT2D eigenvalue weighted by molar-refractivity contribution is 0.184. The highest BCUT2D eigenvalue weighted by Gasteiger charge is 2.50. The van der Waals surface area contributed by atoms with Crippen LogP contribution < -0.4 is 0 Å². The van der Waals surface area contributed by atoms with Gasteiger partial charge in [-0.05, 0) is 13.3 Å². The van der Waals surface area contributed by atoms with Crippen molar-refractivity contribution in [3.8, 4) is 0 Å². The van der Waals surface area contributed by atoms with Gasteiger partial charge in [0.15, 0.2) is 0 Å². The third kappa shape index (κ3) is 1.25. The van der Waals surface area contributed by atoms with Crippen molar-refractivity contribution in [3.05, 3.63) is 0 Å². The van der Waals surface area contributed by atoms with E-state index in [4.69, 9.17) is 9.84 Å². The van der Waals surface area contributed by atoms with E-state index in [1.807, 2.05) is 6.92 Å². The first kappa shape index (κ1) is 7.03. The van der Waals surface area contributed by atoms with Gasteiger partial charge in [0, 0.05) is 0 Å². The molecule has 2 nitrogen and oxygen atoms in total. The van der Waals surface area contributed by atoms with Crippen molar-refractivity contribution >= 4 is 0 Å². The van der Waals surface area contributed by atoms with Gasteiger partial charge in [-0.1, -0.05) is 13.3 Å². The van der Waals surface area contributed by atoms with Crippen LogP contribution in [0.1, 0.15) is 26.7 Å². The first-order valence-corrected chi connectivity index (χ1v) is 3.51. The van der Waals surface area contributed by atoms with Crippen molar-refractivity contribution in [3.63, 3.8) is 0 Å². The highest BCUT2D eigenvalue weighted by atomic mass is 16.6. The van der Waals surface area contributed by atoms with E-state index in [0.717, 1.165) is 12.8 Å². The second-order valence-corrected chi connectivity index (χ2v) is 2.87. The fourth-order valence-electron chi connectivity index (χ4n) is 1.06. The minimum atomic E-state index is -0.185. The molecule has 2 atom stereocenters. The third-order valence-electron chi connectivity index (χ3n) is 1.90. The summed E-state index contributed by atoms with van der Waals surface area (Å²) in [5.41, 5.74) is -0.185. The molecule has 0 aromatic heterocycles. The molecule has 0 aromatic carbocycles. The summed E-state index contributed by atoms with van der Waals surface area (Å²) in [4.78, 5) is 0. The molecule has 0 spiro atoms. The number of hydrogen-bond acceptors (Lipinski definition) is 2. The smallest absolute Gasteiger partial charge is 0.115 e. The predicted molar refractivity (Wildman–Crippen MR) is 35.3 cm³/mol. The number of ether oxygens (including phenoxy) is 1. The second-order valence-electron chi connectivity index (χ2n) is 2.87. The van der Waals surface area contributed by atoms with E-state index >= 15 is 0 Å². The van der Waals surface area contributed by atoms with Crippen LogP contribution in [0.3, 0.4) is 0 Å². The Hall–Kier alpha value is -0.0800. The SMILES string of the molecule is CCC[C@@H]1O[C@@]1(C)CO. The second kappa shape index (κ2) is 2.27. The van der Waals surface area contributed by atoms with Crippen LogP contribution in [-0.4, -0.2) is 23.4 Å². The zero-order valence-electron chi connectivity index (χ0n) is 6.05. The summed E-state index contributed by atoms with van der Waals surface area (Å²) in [6, 6.07) is 0. The molecule has 9 heavy (non-hydrogen) atoms. The monoisotopic (exact) mass is 130 g/mol. The molecule has 1 rings (SSSR count). The molecule has 1 N–H and O–H groups in total. The van der Waals surface area contributed by atoms with Crippen molar-refractivity contribution in [2.75, 3.05) is 6.61 Å². The Morgan fingerprint density at radius 3 is 2.67 bits per heavy atom. The Kier molecular flexibility index (Phi) is 1.78. The van der Waals surface area contributed by atoms with E-state index in [1.165, 1.54) is 0 Å². The van der Waals surface area contributed by atoms with Gasteiger partial charge in [-0.15, -0.1) is 0 Å². The van der Waals surface area contributed by atoms with Gasteiger partial charge in [0.2, 0.25) is 0 Å². The maximum absolute atomic E-state index is 8.74. The Morgan fingerprint density at radius 2 is 2.33 bits per heavy atom. The summed E-state index contributed by atoms with van der Waals surface area (Å²) < 4.78 is 5.24. The van der Waals surface area contributed by atoms with E-state index in [-0.39, 0.29) is 12.2 Å². The average Bonchev–Trinajstić information content (AvgIpc) is 2.46. The van der Waals surface area contributed by atoms with Crippen LogP contribution in [0.15, 0.2) is 0 Å². The molecule has 0 aromatic rings. The minimum Gasteiger partial charge on any atom is -0.393 e. The predicted octanol–water partition coefficient (Wildman–Crippen LogP) is 0.936. The first-order valence-electron chi connectivity index (χ1n) is 3.51. The summed E-state index contributed by atoms with van der Waals surface area (Å²) in [6.07, 6.45) is 2.55. The summed E-state index contributed by atoms with van der Waals surface area (Å²) >= 11 is 0. The summed E-state index contributed by atoms with van der Waals surface area (Å²) in [6.45, 7) is 4.24. The highest BCUT2D eigenvalue weighted by Crippen LogP contribution is 2.38. The quantitative estimate of drug-likeness (QED) is 0.576. The fraction of sp³-hybridized carbons (Fsp3) is 1.00. The van der Waals surface area contributed by atoms with Crippen LogP contribution in [-0.2, 0) is 4.74 Å². The van der Waals surface area contributed by atoms with Gasteiger partial charge in [-0.2, -0.15) is 0 Å². The average molecular weight is 130 g/mol. The van der Waals surface area contributed by atoms with Crippen LogP contribution in [0, 0.1) is 0 Å². The molecule has 0 amide bonds. The van der Waals surface area contributed by atoms with Crippen LogP contribution in [0.5, 0.6) is 0 Å². The normalized spacial score (nSPS) is 41.0. The van der Waals surface area contributed by atoms with Gasteiger partial charge in [-0.3, -0.25) is 0 Å². The van der Waals surface area contributed by atoms with E-state index < -0.39 is 0 Å². The molecule has 1 fully saturated rings. The number of hydrogen-bond donors (Lipinski definition) is 1. The van der Waals surface area contributed by atoms with Gasteiger partial charge < -0.3 is 9.84 Å². The molecule has 0 bridgehead atoms. The van der Waals surface area contributed by atoms with Gasteiger partial charge in [-0.25, -0.2) is 0 Å². The molecule has 1 aliphatic rings. The van der Waals surface area contributed by atoms with E-state index in [1.54, 1.807) is 0 Å². The van der Waals surface area contributed by atoms with Gasteiger partial charge in [0.1, 0.15) is 5.60 Å². The lowest BCUT2D eigenvalue weighted by atomic mass is 10.1. The molecular weight excluding hydrogens is 116 g/mol. The van der Waals surface area contributed by atoms with Gasteiger partial charge in [0.25, 0.3) is 0 Å². The molecule has 1 heterocycles. The van der Waals surface area contributed by atoms with Crippen molar-refractivity contribution in [2.45, 2.75) is 38.4 Å². The maximum atomic E-state index is 8.74. The molecule has 54 valence electrons. The van der Waals surface area contributed by atoms with E-state index in [0.29, 0.717) is 6.10 Å². The fourth-order valence-corrected chi connectivity index (χ4v) is 1.06. The van der Waals surface area contributed by atoms with E-state index in [9.17, 15) is 0 Å². The Morgan fingerprint density at radius 1 is 1.67 bits per heavy atom. The number of rotatable bonds is 3. The molecule has 0 saturated carbocycles. The van der Waals surface area contributed by atoms with E-state index in [2.05, 4.69) is 6.92 Å². The molecular formula is C7H14O2. The van der Waals surface area contributed by atoms with Crippen LogP contribution >= 0.6 is 0 Å². The molecule has 1 aliphatic heterocycles. The summed E-state index contributed by atoms with van der Waals surface area (Å²) in [7, 11) is 0. The molecule has 0 aliphatic carbocycles. The highest BCUT2D eigenvalue weighted by molar-refractivity contribution is 4.97. The third-order valence-corrected chi connectivity index (χ3v) is 1.90. The number of aliphatic hydroxyl groups excluding tert-OH is 1. The number of epoxide rings is 1. The zero-order chi connectivity index (χ0) is 6.91. The van der Waals surface area contributed by atoms with Gasteiger partial charge >= 0.3 is 0 Å². The Balaban J connectivity index is 2.22. The van der Waals surface area contributed by atoms with Crippen molar-refractivity contribution in [1.82, 2.24) is 0 Å². The summed E-state index contributed by atoms with van der Waals surface area (Å²) in [5, 5.41) is 8.74. The lowest BCUT2D eigenvalue weighted by Gasteiger charge is -1.97. The zero-order valence-corrected chi connectivity index (χ0v) is 6.05. The van der Waals surface area contributed by atoms with Crippen molar-refractivity contribution < 1.29 is 9.84 Å². The number of aliphatic hydroxyl groups is 1. The van der Waals surface area contributed by atoms with Crippen molar-refractivity contribution in [1.29, 1.82) is 0 Å².